The lowest BCUT2D eigenvalue weighted by atomic mass is 10.2. The largest absolute Gasteiger partial charge is 0.493 e. The van der Waals surface area contributed by atoms with Crippen molar-refractivity contribution in [1.29, 1.82) is 0 Å². The minimum absolute atomic E-state index is 0.126. The molecule has 0 saturated heterocycles. The highest BCUT2D eigenvalue weighted by Gasteiger charge is 2.17. The summed E-state index contributed by atoms with van der Waals surface area (Å²) in [6.45, 7) is 1.13. The van der Waals surface area contributed by atoms with Crippen LogP contribution in [0.3, 0.4) is 0 Å². The van der Waals surface area contributed by atoms with E-state index >= 15 is 0 Å². The monoisotopic (exact) mass is 392 g/mol. The number of rotatable bonds is 6. The van der Waals surface area contributed by atoms with Gasteiger partial charge in [0, 0.05) is 30.4 Å². The van der Waals surface area contributed by atoms with Crippen LogP contribution < -0.4 is 15.0 Å². The molecule has 0 radical (unpaired) electrons. The van der Waals surface area contributed by atoms with Gasteiger partial charge >= 0.3 is 0 Å². The summed E-state index contributed by atoms with van der Waals surface area (Å²) in [4.78, 5) is 15.3. The molecule has 0 N–H and O–H groups in total. The molecule has 0 aliphatic carbocycles. The van der Waals surface area contributed by atoms with Gasteiger partial charge in [0.1, 0.15) is 5.52 Å². The minimum atomic E-state index is -0.126. The predicted molar refractivity (Wildman–Crippen MR) is 113 cm³/mol. The maximum absolute atomic E-state index is 13.2. The summed E-state index contributed by atoms with van der Waals surface area (Å²) >= 11 is 0. The fraction of sp³-hybridized carbons (Fsp3) is 0.273. The Kier molecular flexibility index (Phi) is 4.98. The van der Waals surface area contributed by atoms with Crippen molar-refractivity contribution in [2.24, 2.45) is 7.05 Å². The lowest BCUT2D eigenvalue weighted by molar-refractivity contribution is 0.241. The molecule has 150 valence electrons. The van der Waals surface area contributed by atoms with Gasteiger partial charge in [-0.15, -0.1) is 0 Å². The zero-order valence-corrected chi connectivity index (χ0v) is 17.0. The Morgan fingerprint density at radius 2 is 1.72 bits per heavy atom. The molecule has 2 heterocycles. The average Bonchev–Trinajstić information content (AvgIpc) is 3.01. The first-order chi connectivity index (χ1) is 14.0. The minimum Gasteiger partial charge on any atom is -0.493 e. The van der Waals surface area contributed by atoms with E-state index in [1.807, 2.05) is 49.0 Å². The highest BCUT2D eigenvalue weighted by molar-refractivity contribution is 6.08. The molecule has 0 unspecified atom stereocenters. The van der Waals surface area contributed by atoms with E-state index < -0.39 is 0 Å². The van der Waals surface area contributed by atoms with Gasteiger partial charge in [-0.2, -0.15) is 5.10 Å². The number of fused-ring (bicyclic) bond motifs is 3. The molecular formula is C22H24N4O3. The van der Waals surface area contributed by atoms with Crippen LogP contribution in [0.15, 0.2) is 53.5 Å². The molecular weight excluding hydrogens is 368 g/mol. The van der Waals surface area contributed by atoms with E-state index in [0.717, 1.165) is 22.8 Å². The molecule has 0 spiro atoms. The number of hydrogen-bond donors (Lipinski definition) is 0. The number of aryl methyl sites for hydroxylation is 1. The maximum atomic E-state index is 13.2. The van der Waals surface area contributed by atoms with Crippen LogP contribution in [0.25, 0.3) is 21.8 Å². The molecule has 0 fully saturated rings. The predicted octanol–water partition coefficient (Wildman–Crippen LogP) is 2.99. The normalized spacial score (nSPS) is 11.5. The van der Waals surface area contributed by atoms with Crippen molar-refractivity contribution >= 4 is 21.8 Å². The summed E-state index contributed by atoms with van der Waals surface area (Å²) in [6.07, 6.45) is 1.75. The standard InChI is InChI=1S/C22H24N4O3/c1-24(13-15-8-6-5-7-9-15)14-26-22(27)21-17(12-23-26)16-10-19(28-3)20(29-4)11-18(16)25(21)2/h5-12H,13-14H2,1-4H3. The molecule has 7 nitrogen and oxygen atoms in total. The van der Waals surface area contributed by atoms with Gasteiger partial charge < -0.3 is 14.0 Å². The molecule has 0 bridgehead atoms. The molecule has 4 rings (SSSR count). The Balaban J connectivity index is 1.76. The van der Waals surface area contributed by atoms with E-state index in [9.17, 15) is 4.79 Å². The summed E-state index contributed by atoms with van der Waals surface area (Å²) in [6, 6.07) is 13.9. The quantitative estimate of drug-likeness (QED) is 0.505. The third kappa shape index (κ3) is 3.34. The molecule has 2 aromatic heterocycles. The van der Waals surface area contributed by atoms with Crippen molar-refractivity contribution < 1.29 is 9.47 Å². The smallest absolute Gasteiger partial charge is 0.292 e. The first-order valence-electron chi connectivity index (χ1n) is 9.36. The number of hydrogen-bond acceptors (Lipinski definition) is 5. The topological polar surface area (TPSA) is 61.5 Å². The second-order valence-corrected chi connectivity index (χ2v) is 7.14. The fourth-order valence-electron chi connectivity index (χ4n) is 3.76. The van der Waals surface area contributed by atoms with Gasteiger partial charge in [-0.25, -0.2) is 4.68 Å². The van der Waals surface area contributed by atoms with Crippen LogP contribution in [0, 0.1) is 0 Å². The van der Waals surface area contributed by atoms with Crippen LogP contribution in [-0.4, -0.2) is 40.5 Å². The number of methoxy groups -OCH3 is 2. The Morgan fingerprint density at radius 1 is 1.03 bits per heavy atom. The molecule has 4 aromatic rings. The van der Waals surface area contributed by atoms with Crippen LogP contribution in [0.2, 0.25) is 0 Å². The van der Waals surface area contributed by atoms with E-state index in [2.05, 4.69) is 22.1 Å². The van der Waals surface area contributed by atoms with Gasteiger partial charge in [-0.3, -0.25) is 9.69 Å². The Labute approximate surface area is 168 Å². The van der Waals surface area contributed by atoms with Crippen molar-refractivity contribution in [2.75, 3.05) is 21.3 Å². The van der Waals surface area contributed by atoms with Gasteiger partial charge in [0.2, 0.25) is 0 Å². The van der Waals surface area contributed by atoms with Crippen LogP contribution in [-0.2, 0) is 20.3 Å². The van der Waals surface area contributed by atoms with Gasteiger partial charge in [0.25, 0.3) is 5.56 Å². The van der Waals surface area contributed by atoms with Gasteiger partial charge in [-0.05, 0) is 18.7 Å². The van der Waals surface area contributed by atoms with Crippen LogP contribution in [0.4, 0.5) is 0 Å². The molecule has 29 heavy (non-hydrogen) atoms. The number of nitrogens with zero attached hydrogens (tertiary/aromatic N) is 4. The van der Waals surface area contributed by atoms with Gasteiger partial charge in [0.15, 0.2) is 11.5 Å². The Hall–Kier alpha value is -3.32. The number of aromatic nitrogens is 3. The van der Waals surface area contributed by atoms with Crippen LogP contribution in [0.1, 0.15) is 5.56 Å². The first-order valence-corrected chi connectivity index (χ1v) is 9.36. The SMILES string of the molecule is COc1cc2c3cnn(CN(C)Cc4ccccc4)c(=O)c3n(C)c2cc1OC. The molecule has 0 saturated carbocycles. The molecule has 0 aliphatic heterocycles. The molecule has 0 aliphatic rings. The third-order valence-corrected chi connectivity index (χ3v) is 5.18. The second kappa shape index (κ2) is 7.60. The number of ether oxygens (including phenoxy) is 2. The highest BCUT2D eigenvalue weighted by Crippen LogP contribution is 2.36. The average molecular weight is 392 g/mol. The second-order valence-electron chi connectivity index (χ2n) is 7.14. The van der Waals surface area contributed by atoms with Crippen molar-refractivity contribution in [3.63, 3.8) is 0 Å². The zero-order chi connectivity index (χ0) is 20.5. The molecule has 0 amide bonds. The van der Waals surface area contributed by atoms with Crippen molar-refractivity contribution in [2.45, 2.75) is 13.2 Å². The van der Waals surface area contributed by atoms with Crippen molar-refractivity contribution in [3.05, 3.63) is 64.6 Å². The zero-order valence-electron chi connectivity index (χ0n) is 17.0. The van der Waals surface area contributed by atoms with E-state index in [4.69, 9.17) is 9.47 Å². The van der Waals surface area contributed by atoms with Crippen molar-refractivity contribution in [3.8, 4) is 11.5 Å². The molecule has 0 atom stereocenters. The maximum Gasteiger partial charge on any atom is 0.292 e. The summed E-state index contributed by atoms with van der Waals surface area (Å²) in [5, 5.41) is 6.14. The van der Waals surface area contributed by atoms with E-state index in [1.54, 1.807) is 20.4 Å². The van der Waals surface area contributed by atoms with E-state index in [0.29, 0.717) is 23.7 Å². The highest BCUT2D eigenvalue weighted by atomic mass is 16.5. The molecule has 7 heteroatoms. The summed E-state index contributed by atoms with van der Waals surface area (Å²) in [7, 11) is 7.06. The molecule has 2 aromatic carbocycles. The Bertz CT molecular complexity index is 1230. The Morgan fingerprint density at radius 3 is 2.41 bits per heavy atom. The third-order valence-electron chi connectivity index (χ3n) is 5.18. The lowest BCUT2D eigenvalue weighted by Gasteiger charge is -2.17. The first kappa shape index (κ1) is 19.0. The lowest BCUT2D eigenvalue weighted by Crippen LogP contribution is -2.31. The van der Waals surface area contributed by atoms with Gasteiger partial charge in [0.05, 0.1) is 32.6 Å². The van der Waals surface area contributed by atoms with E-state index in [-0.39, 0.29) is 5.56 Å². The number of benzene rings is 2. The van der Waals surface area contributed by atoms with Crippen LogP contribution in [0.5, 0.6) is 11.5 Å². The van der Waals surface area contributed by atoms with Crippen LogP contribution >= 0.6 is 0 Å². The fourth-order valence-corrected chi connectivity index (χ4v) is 3.76. The summed E-state index contributed by atoms with van der Waals surface area (Å²) in [5.41, 5.74) is 2.57. The van der Waals surface area contributed by atoms with Crippen molar-refractivity contribution in [1.82, 2.24) is 19.2 Å². The summed E-state index contributed by atoms with van der Waals surface area (Å²) < 4.78 is 14.2. The van der Waals surface area contributed by atoms with E-state index in [1.165, 1.54) is 10.2 Å². The van der Waals surface area contributed by atoms with Gasteiger partial charge in [-0.1, -0.05) is 30.3 Å². The summed E-state index contributed by atoms with van der Waals surface area (Å²) in [5.74, 6) is 1.25.